The van der Waals surface area contributed by atoms with Gasteiger partial charge in [0.05, 0.1) is 20.9 Å². The molecule has 0 spiro atoms. The molecule has 17 heavy (non-hydrogen) atoms. The Morgan fingerprint density at radius 1 is 1.18 bits per heavy atom. The Bertz CT molecular complexity index is 737. The zero-order valence-corrected chi connectivity index (χ0v) is 10.2. The fourth-order valence-electron chi connectivity index (χ4n) is 1.56. The van der Waals surface area contributed by atoms with Crippen LogP contribution in [0.4, 0.5) is 0 Å². The molecule has 0 saturated heterocycles. The molecular formula is C11H7Cl2NO3. The number of nitrogens with one attached hydrogen (secondary N) is 1. The van der Waals surface area contributed by atoms with Crippen LogP contribution < -0.4 is 11.0 Å². The number of hydrogen-bond donors (Lipinski definition) is 2. The average Bonchev–Trinajstić information content (AvgIpc) is 2.34. The smallest absolute Gasteiger partial charge is 0.252 e. The van der Waals surface area contributed by atoms with Crippen molar-refractivity contribution >= 4 is 34.1 Å². The third-order valence-corrected chi connectivity index (χ3v) is 3.34. The van der Waals surface area contributed by atoms with E-state index < -0.39 is 16.7 Å². The van der Waals surface area contributed by atoms with Crippen LogP contribution in [-0.2, 0) is 0 Å². The van der Waals surface area contributed by atoms with Gasteiger partial charge in [0.15, 0.2) is 5.75 Å². The fraction of sp³-hybridized carbons (Fsp3) is 0.0909. The van der Waals surface area contributed by atoms with Crippen molar-refractivity contribution in [2.45, 2.75) is 6.92 Å². The minimum atomic E-state index is -0.731. The van der Waals surface area contributed by atoms with E-state index in [4.69, 9.17) is 23.2 Å². The second-order valence-corrected chi connectivity index (χ2v) is 4.35. The highest BCUT2D eigenvalue weighted by atomic mass is 35.5. The van der Waals surface area contributed by atoms with Gasteiger partial charge >= 0.3 is 0 Å². The molecule has 88 valence electrons. The number of aryl methyl sites for hydroxylation is 1. The third-order valence-electron chi connectivity index (χ3n) is 2.37. The summed E-state index contributed by atoms with van der Waals surface area (Å²) < 4.78 is 0. The SMILES string of the molecule is Cc1cc2[nH]c(=O)cc(O)c(=O)c2c(Cl)c1Cl. The molecule has 1 aromatic carbocycles. The lowest BCUT2D eigenvalue weighted by Crippen LogP contribution is -1.99. The first kappa shape index (κ1) is 12.0. The van der Waals surface area contributed by atoms with Crippen LogP contribution in [0, 0.1) is 6.92 Å². The van der Waals surface area contributed by atoms with Gasteiger partial charge in [0.1, 0.15) is 0 Å². The number of aromatic nitrogens is 1. The highest BCUT2D eigenvalue weighted by Crippen LogP contribution is 2.31. The summed E-state index contributed by atoms with van der Waals surface area (Å²) in [6, 6.07) is 2.34. The monoisotopic (exact) mass is 271 g/mol. The molecule has 2 N–H and O–H groups in total. The van der Waals surface area contributed by atoms with Crippen LogP contribution in [-0.4, -0.2) is 10.1 Å². The van der Waals surface area contributed by atoms with E-state index in [-0.39, 0.29) is 20.9 Å². The van der Waals surface area contributed by atoms with Crippen molar-refractivity contribution in [2.75, 3.05) is 0 Å². The molecule has 0 fully saturated rings. The molecular weight excluding hydrogens is 265 g/mol. The maximum Gasteiger partial charge on any atom is 0.252 e. The number of aromatic hydroxyl groups is 1. The van der Waals surface area contributed by atoms with Crippen LogP contribution in [0.5, 0.6) is 5.75 Å². The van der Waals surface area contributed by atoms with Gasteiger partial charge in [-0.25, -0.2) is 0 Å². The summed E-state index contributed by atoms with van der Waals surface area (Å²) in [4.78, 5) is 25.6. The number of H-pyrrole nitrogens is 1. The molecule has 0 amide bonds. The first-order valence-corrected chi connectivity index (χ1v) is 5.42. The van der Waals surface area contributed by atoms with E-state index in [1.165, 1.54) is 6.07 Å². The van der Waals surface area contributed by atoms with Gasteiger partial charge in [0.2, 0.25) is 5.43 Å². The topological polar surface area (TPSA) is 70.2 Å². The normalized spacial score (nSPS) is 10.8. The van der Waals surface area contributed by atoms with Gasteiger partial charge in [-0.05, 0) is 18.6 Å². The molecule has 2 rings (SSSR count). The van der Waals surface area contributed by atoms with Crippen molar-refractivity contribution in [1.29, 1.82) is 0 Å². The zero-order chi connectivity index (χ0) is 12.7. The summed E-state index contributed by atoms with van der Waals surface area (Å²) >= 11 is 11.9. The standard InChI is InChI=1S/C11H7Cl2NO3/c1-4-2-5-8(10(13)9(4)12)11(17)6(15)3-7(16)14-5/h2-3H,1H3,(H,14,16)(H,15,17). The molecule has 4 nitrogen and oxygen atoms in total. The van der Waals surface area contributed by atoms with Crippen molar-refractivity contribution in [3.05, 3.63) is 48.3 Å². The van der Waals surface area contributed by atoms with Crippen molar-refractivity contribution in [2.24, 2.45) is 0 Å². The minimum absolute atomic E-state index is 0.00173. The van der Waals surface area contributed by atoms with Gasteiger partial charge in [0, 0.05) is 6.07 Å². The number of halogens is 2. The molecule has 0 radical (unpaired) electrons. The largest absolute Gasteiger partial charge is 0.504 e. The predicted molar refractivity (Wildman–Crippen MR) is 67.3 cm³/mol. The van der Waals surface area contributed by atoms with E-state index in [0.717, 1.165) is 6.07 Å². The highest BCUT2D eigenvalue weighted by Gasteiger charge is 2.12. The Hall–Kier alpha value is -1.52. The second-order valence-electron chi connectivity index (χ2n) is 3.59. The van der Waals surface area contributed by atoms with Crippen LogP contribution in [0.25, 0.3) is 10.9 Å². The lowest BCUT2D eigenvalue weighted by molar-refractivity contribution is 0.471. The summed E-state index contributed by atoms with van der Waals surface area (Å²) in [7, 11) is 0. The summed E-state index contributed by atoms with van der Waals surface area (Å²) in [5.74, 6) is -0.664. The number of fused-ring (bicyclic) bond motifs is 1. The van der Waals surface area contributed by atoms with Crippen LogP contribution in [0.3, 0.4) is 0 Å². The van der Waals surface area contributed by atoms with E-state index >= 15 is 0 Å². The van der Waals surface area contributed by atoms with E-state index in [1.54, 1.807) is 6.92 Å². The lowest BCUT2D eigenvalue weighted by atomic mass is 10.1. The van der Waals surface area contributed by atoms with Gasteiger partial charge in [0.25, 0.3) is 5.56 Å². The quantitative estimate of drug-likeness (QED) is 0.772. The maximum absolute atomic E-state index is 11.8. The first-order chi connectivity index (χ1) is 7.91. The molecule has 6 heteroatoms. The van der Waals surface area contributed by atoms with Gasteiger partial charge in [-0.3, -0.25) is 9.59 Å². The van der Waals surface area contributed by atoms with Crippen LogP contribution in [0.1, 0.15) is 5.56 Å². The molecule has 1 heterocycles. The van der Waals surface area contributed by atoms with Gasteiger partial charge < -0.3 is 10.1 Å². The minimum Gasteiger partial charge on any atom is -0.504 e. The summed E-state index contributed by atoms with van der Waals surface area (Å²) in [6.07, 6.45) is 0. The van der Waals surface area contributed by atoms with Crippen molar-refractivity contribution in [1.82, 2.24) is 4.98 Å². The van der Waals surface area contributed by atoms with Crippen LogP contribution >= 0.6 is 23.2 Å². The summed E-state index contributed by atoms with van der Waals surface area (Å²) in [5.41, 5.74) is -0.449. The number of hydrogen-bond acceptors (Lipinski definition) is 3. The third kappa shape index (κ3) is 1.90. The molecule has 0 atom stereocenters. The molecule has 0 aliphatic rings. The van der Waals surface area contributed by atoms with Crippen LogP contribution in [0.2, 0.25) is 10.0 Å². The Labute approximate surface area is 105 Å². The van der Waals surface area contributed by atoms with Crippen molar-refractivity contribution in [3.63, 3.8) is 0 Å². The van der Waals surface area contributed by atoms with E-state index in [1.807, 2.05) is 0 Å². The molecule has 0 aliphatic heterocycles. The van der Waals surface area contributed by atoms with Gasteiger partial charge in [-0.15, -0.1) is 0 Å². The maximum atomic E-state index is 11.8. The van der Waals surface area contributed by atoms with Crippen molar-refractivity contribution in [3.8, 4) is 5.75 Å². The molecule has 0 aliphatic carbocycles. The lowest BCUT2D eigenvalue weighted by Gasteiger charge is -2.02. The Kier molecular flexibility index (Phi) is 2.85. The van der Waals surface area contributed by atoms with Crippen LogP contribution in [0.15, 0.2) is 21.7 Å². The van der Waals surface area contributed by atoms with Gasteiger partial charge in [-0.2, -0.15) is 0 Å². The molecule has 0 bridgehead atoms. The van der Waals surface area contributed by atoms with Crippen molar-refractivity contribution < 1.29 is 5.11 Å². The van der Waals surface area contributed by atoms with E-state index in [0.29, 0.717) is 5.56 Å². The Balaban J connectivity index is 3.22. The predicted octanol–water partition coefficient (Wildman–Crippen LogP) is 2.21. The summed E-state index contributed by atoms with van der Waals surface area (Å²) in [6.45, 7) is 1.70. The van der Waals surface area contributed by atoms with E-state index in [2.05, 4.69) is 4.98 Å². The number of rotatable bonds is 0. The number of aromatic amines is 1. The van der Waals surface area contributed by atoms with E-state index in [9.17, 15) is 14.7 Å². The molecule has 1 aromatic heterocycles. The van der Waals surface area contributed by atoms with Gasteiger partial charge in [-0.1, -0.05) is 23.2 Å². The average molecular weight is 272 g/mol. The molecule has 0 unspecified atom stereocenters. The highest BCUT2D eigenvalue weighted by molar-refractivity contribution is 6.45. The second kappa shape index (κ2) is 4.05. The molecule has 0 saturated carbocycles. The Morgan fingerprint density at radius 2 is 1.82 bits per heavy atom. The summed E-state index contributed by atoms with van der Waals surface area (Å²) in [5, 5.41) is 9.66. The first-order valence-electron chi connectivity index (χ1n) is 4.66. The Morgan fingerprint density at radius 3 is 2.47 bits per heavy atom. The zero-order valence-electron chi connectivity index (χ0n) is 8.67. The fourth-order valence-corrected chi connectivity index (χ4v) is 2.05. The molecule has 2 aromatic rings. The number of benzene rings is 1.